The summed E-state index contributed by atoms with van der Waals surface area (Å²) in [5.74, 6) is 1.58. The number of methoxy groups -OCH3 is 1. The predicted octanol–water partition coefficient (Wildman–Crippen LogP) is 2.18. The molecule has 1 N–H and O–H groups in total. The van der Waals surface area contributed by atoms with E-state index < -0.39 is 47.2 Å². The largest absolute Gasteiger partial charge is 0.423 e. The van der Waals surface area contributed by atoms with E-state index in [1.165, 1.54) is 0 Å². The number of H-pyrrole nitrogens is 1. The number of terminal acetylenes is 1. The number of rotatable bonds is 7. The summed E-state index contributed by atoms with van der Waals surface area (Å²) in [4.78, 5) is 25.4. The van der Waals surface area contributed by atoms with E-state index in [1.807, 2.05) is 0 Å². The van der Waals surface area contributed by atoms with Gasteiger partial charge in [0.15, 0.2) is 5.79 Å². The number of halogens is 3. The van der Waals surface area contributed by atoms with Gasteiger partial charge in [0.05, 0.1) is 12.7 Å². The lowest BCUT2D eigenvalue weighted by Gasteiger charge is -2.36. The third kappa shape index (κ3) is 5.38. The van der Waals surface area contributed by atoms with Crippen LogP contribution in [-0.2, 0) is 25.1 Å². The molecule has 2 heterocycles. The van der Waals surface area contributed by atoms with Crippen molar-refractivity contribution in [2.45, 2.75) is 68.9 Å². The molecule has 0 unspecified atom stereocenters. The van der Waals surface area contributed by atoms with Crippen LogP contribution in [-0.4, -0.2) is 47.9 Å². The average Bonchev–Trinajstić information content (AvgIpc) is 3.13. The Balaban J connectivity index is 1.80. The molecule has 11 heteroatoms. The fourth-order valence-electron chi connectivity index (χ4n) is 3.98. The number of nitrogens with one attached hydrogen (secondary N) is 1. The van der Waals surface area contributed by atoms with Crippen molar-refractivity contribution < 1.29 is 32.1 Å². The lowest BCUT2D eigenvalue weighted by molar-refractivity contribution is -0.253. The van der Waals surface area contributed by atoms with Crippen molar-refractivity contribution in [1.82, 2.24) is 9.55 Å². The molecule has 31 heavy (non-hydrogen) atoms. The first-order valence-corrected chi connectivity index (χ1v) is 10.0. The number of hydrogen-bond donors (Lipinski definition) is 1. The van der Waals surface area contributed by atoms with Crippen molar-refractivity contribution in [2.75, 3.05) is 20.3 Å². The molecule has 0 amide bonds. The van der Waals surface area contributed by atoms with Crippen LogP contribution in [0.1, 0.15) is 50.3 Å². The smallest absolute Gasteiger partial charge is 0.363 e. The Morgan fingerprint density at radius 2 is 2.03 bits per heavy atom. The maximum atomic E-state index is 13.1. The second kappa shape index (κ2) is 9.56. The molecule has 2 aliphatic rings. The van der Waals surface area contributed by atoms with E-state index >= 15 is 0 Å². The summed E-state index contributed by atoms with van der Waals surface area (Å²) in [6.07, 6.45) is 2.86. The summed E-state index contributed by atoms with van der Waals surface area (Å²) in [7, 11) is 1.56. The molecule has 1 aliphatic heterocycles. The molecule has 1 aromatic rings. The normalized spacial score (nSPS) is 26.0. The Kier molecular flexibility index (Phi) is 7.26. The summed E-state index contributed by atoms with van der Waals surface area (Å²) in [5, 5.41) is 0. The zero-order chi connectivity index (χ0) is 22.6. The Bertz CT molecular complexity index is 913. The van der Waals surface area contributed by atoms with Crippen LogP contribution in [0, 0.1) is 12.3 Å². The number of alkyl halides is 3. The van der Waals surface area contributed by atoms with E-state index in [0.29, 0.717) is 23.6 Å². The number of aromatic nitrogens is 2. The molecule has 0 spiro atoms. The highest BCUT2D eigenvalue weighted by Gasteiger charge is 2.42. The van der Waals surface area contributed by atoms with E-state index in [9.17, 15) is 22.8 Å². The van der Waals surface area contributed by atoms with Crippen molar-refractivity contribution in [3.05, 3.63) is 32.6 Å². The highest BCUT2D eigenvalue weighted by molar-refractivity contribution is 5.09. The molecule has 1 aromatic heterocycles. The molecule has 1 saturated heterocycles. The zero-order valence-corrected chi connectivity index (χ0v) is 17.1. The molecular weight excluding hydrogens is 421 g/mol. The molecule has 0 bridgehead atoms. The van der Waals surface area contributed by atoms with E-state index in [0.717, 1.165) is 19.3 Å². The quantitative estimate of drug-likeness (QED) is 0.510. The third-order valence-electron chi connectivity index (χ3n) is 5.64. The van der Waals surface area contributed by atoms with Gasteiger partial charge in [-0.1, -0.05) is 12.3 Å². The Hall–Kier alpha value is -2.13. The molecule has 2 fully saturated rings. The van der Waals surface area contributed by atoms with Crippen LogP contribution in [0.5, 0.6) is 0 Å². The summed E-state index contributed by atoms with van der Waals surface area (Å²) >= 11 is 0. The monoisotopic (exact) mass is 446 g/mol. The maximum absolute atomic E-state index is 13.1. The summed E-state index contributed by atoms with van der Waals surface area (Å²) in [6.45, 7) is 0.00476. The van der Waals surface area contributed by atoms with Gasteiger partial charge in [0.1, 0.15) is 24.5 Å². The van der Waals surface area contributed by atoms with Gasteiger partial charge < -0.3 is 18.9 Å². The van der Waals surface area contributed by atoms with Gasteiger partial charge in [-0.2, -0.15) is 13.2 Å². The summed E-state index contributed by atoms with van der Waals surface area (Å²) < 4.78 is 63.1. The molecule has 3 atom stereocenters. The summed E-state index contributed by atoms with van der Waals surface area (Å²) in [6, 6.07) is 0. The van der Waals surface area contributed by atoms with Crippen molar-refractivity contribution in [1.29, 1.82) is 0 Å². The molecular formula is C20H25F3N2O6. The minimum Gasteiger partial charge on any atom is -0.363 e. The topological polar surface area (TPSA) is 91.8 Å². The number of hydrogen-bond acceptors (Lipinski definition) is 6. The van der Waals surface area contributed by atoms with Gasteiger partial charge in [-0.05, 0) is 12.8 Å². The van der Waals surface area contributed by atoms with Gasteiger partial charge in [-0.25, -0.2) is 4.79 Å². The van der Waals surface area contributed by atoms with Crippen LogP contribution in [0.15, 0.2) is 15.8 Å². The Morgan fingerprint density at radius 1 is 1.32 bits per heavy atom. The van der Waals surface area contributed by atoms with E-state index in [2.05, 4.69) is 5.92 Å². The molecule has 1 aliphatic carbocycles. The third-order valence-corrected chi connectivity index (χ3v) is 5.64. The fourth-order valence-corrected chi connectivity index (χ4v) is 3.98. The van der Waals surface area contributed by atoms with Crippen molar-refractivity contribution in [2.24, 2.45) is 0 Å². The predicted molar refractivity (Wildman–Crippen MR) is 102 cm³/mol. The maximum Gasteiger partial charge on any atom is 0.423 e. The van der Waals surface area contributed by atoms with Crippen molar-refractivity contribution in [3.63, 3.8) is 0 Å². The first-order valence-electron chi connectivity index (χ1n) is 10.0. The fraction of sp³-hybridized carbons (Fsp3) is 0.700. The lowest BCUT2D eigenvalue weighted by atomic mass is 9.94. The number of ether oxygens (including phenoxy) is 4. The van der Waals surface area contributed by atoms with Crippen molar-refractivity contribution >= 4 is 0 Å². The molecule has 172 valence electrons. The second-order valence-corrected chi connectivity index (χ2v) is 7.61. The van der Waals surface area contributed by atoms with Gasteiger partial charge in [0.25, 0.3) is 5.56 Å². The SMILES string of the molecule is C#CCO[C@H]1C[C@H](n2cc(C(F)(F)F)c(=O)[nH]c2=O)O[C@@H]1COC1(OC)CCCCC1. The van der Waals surface area contributed by atoms with E-state index in [4.69, 9.17) is 25.4 Å². The van der Waals surface area contributed by atoms with Gasteiger partial charge in [-0.3, -0.25) is 14.3 Å². The molecule has 3 rings (SSSR count). The second-order valence-electron chi connectivity index (χ2n) is 7.61. The molecule has 8 nitrogen and oxygen atoms in total. The Morgan fingerprint density at radius 3 is 2.65 bits per heavy atom. The Labute approximate surface area is 176 Å². The number of aromatic amines is 1. The van der Waals surface area contributed by atoms with Crippen LogP contribution in [0.4, 0.5) is 13.2 Å². The minimum absolute atomic E-state index is 0.0407. The molecule has 0 aromatic carbocycles. The van der Waals surface area contributed by atoms with Crippen molar-refractivity contribution in [3.8, 4) is 12.3 Å². The molecule has 0 radical (unpaired) electrons. The van der Waals surface area contributed by atoms with Crippen LogP contribution in [0.2, 0.25) is 0 Å². The van der Waals surface area contributed by atoms with Crippen LogP contribution in [0.3, 0.4) is 0 Å². The van der Waals surface area contributed by atoms with Gasteiger partial charge in [0.2, 0.25) is 0 Å². The van der Waals surface area contributed by atoms with Gasteiger partial charge in [0, 0.05) is 32.6 Å². The average molecular weight is 446 g/mol. The summed E-state index contributed by atoms with van der Waals surface area (Å²) in [5.41, 5.74) is -4.01. The van der Waals surface area contributed by atoms with Crippen LogP contribution >= 0.6 is 0 Å². The van der Waals surface area contributed by atoms with E-state index in [1.54, 1.807) is 12.1 Å². The standard InChI is InChI=1S/C20H25F3N2O6/c1-3-9-29-14-10-16(25-11-13(20(21,22)23)17(26)24-18(25)27)31-15(14)12-30-19(28-2)7-5-4-6-8-19/h1,11,14-16H,4-10,12H2,2H3,(H,24,26,27)/t14-,15+,16+/m0/s1. The van der Waals surface area contributed by atoms with Crippen LogP contribution in [0.25, 0.3) is 0 Å². The first-order chi connectivity index (χ1) is 14.7. The van der Waals surface area contributed by atoms with Gasteiger partial charge in [-0.15, -0.1) is 6.42 Å². The number of nitrogens with zero attached hydrogens (tertiary/aromatic N) is 1. The van der Waals surface area contributed by atoms with E-state index in [-0.39, 0.29) is 19.6 Å². The highest BCUT2D eigenvalue weighted by Crippen LogP contribution is 2.36. The van der Waals surface area contributed by atoms with Crippen LogP contribution < -0.4 is 11.2 Å². The minimum atomic E-state index is -4.92. The highest BCUT2D eigenvalue weighted by atomic mass is 19.4. The zero-order valence-electron chi connectivity index (χ0n) is 17.1. The van der Waals surface area contributed by atoms with Gasteiger partial charge >= 0.3 is 11.9 Å². The molecule has 1 saturated carbocycles. The first kappa shape index (κ1) is 23.5. The lowest BCUT2D eigenvalue weighted by Crippen LogP contribution is -2.41.